The zero-order chi connectivity index (χ0) is 16.2. The molecule has 3 rings (SSSR count). The predicted octanol–water partition coefficient (Wildman–Crippen LogP) is 2.99. The van der Waals surface area contributed by atoms with E-state index >= 15 is 0 Å². The Morgan fingerprint density at radius 1 is 1.22 bits per heavy atom. The minimum atomic E-state index is -0.263. The molecule has 0 saturated carbocycles. The Balaban J connectivity index is 2.06. The Hall–Kier alpha value is -2.01. The molecule has 5 nitrogen and oxygen atoms in total. The highest BCUT2D eigenvalue weighted by Crippen LogP contribution is 2.36. The molecular weight excluding hydrogens is 292 g/mol. The number of fused-ring (bicyclic) bond motifs is 1. The summed E-state index contributed by atoms with van der Waals surface area (Å²) in [6.07, 6.45) is 3.42. The monoisotopic (exact) mass is 316 g/mol. The molecule has 1 fully saturated rings. The van der Waals surface area contributed by atoms with Crippen LogP contribution in [-0.2, 0) is 0 Å². The van der Waals surface area contributed by atoms with Crippen molar-refractivity contribution in [3.63, 3.8) is 0 Å². The van der Waals surface area contributed by atoms with E-state index in [0.717, 1.165) is 47.5 Å². The van der Waals surface area contributed by atoms with Gasteiger partial charge in [0.2, 0.25) is 0 Å². The fraction of sp³-hybridized carbons (Fsp3) is 0.500. The second kappa shape index (κ2) is 7.04. The molecule has 5 heteroatoms. The standard InChI is InChI=1S/C18H24N2O3/c1-3-22-17-10-14-15(11-18(17)23-4-2)19-8-7-16(14)20-9-5-6-13(21)12-20/h7-8,10-11,13,21H,3-6,9,12H2,1-2H3. The molecule has 1 aliphatic rings. The molecular formula is C18H24N2O3. The van der Waals surface area contributed by atoms with Crippen molar-refractivity contribution in [1.82, 2.24) is 4.98 Å². The highest BCUT2D eigenvalue weighted by Gasteiger charge is 2.20. The van der Waals surface area contributed by atoms with Crippen LogP contribution in [0.3, 0.4) is 0 Å². The number of nitrogens with zero attached hydrogens (tertiary/aromatic N) is 2. The second-order valence-electron chi connectivity index (χ2n) is 5.75. The molecule has 1 atom stereocenters. The number of hydrogen-bond acceptors (Lipinski definition) is 5. The average molecular weight is 316 g/mol. The Labute approximate surface area is 136 Å². The van der Waals surface area contributed by atoms with Gasteiger partial charge in [0, 0.05) is 36.4 Å². The summed E-state index contributed by atoms with van der Waals surface area (Å²) in [6.45, 7) is 6.71. The summed E-state index contributed by atoms with van der Waals surface area (Å²) in [7, 11) is 0. The number of piperidine rings is 1. The average Bonchev–Trinajstić information content (AvgIpc) is 2.55. The van der Waals surface area contributed by atoms with E-state index in [2.05, 4.69) is 9.88 Å². The first-order valence-electron chi connectivity index (χ1n) is 8.34. The van der Waals surface area contributed by atoms with Crippen molar-refractivity contribution in [3.8, 4) is 11.5 Å². The van der Waals surface area contributed by atoms with Crippen LogP contribution in [0.4, 0.5) is 5.69 Å². The molecule has 0 aliphatic carbocycles. The van der Waals surface area contributed by atoms with Crippen LogP contribution in [0.15, 0.2) is 24.4 Å². The third-order valence-electron chi connectivity index (χ3n) is 4.12. The molecule has 2 heterocycles. The van der Waals surface area contributed by atoms with E-state index in [0.29, 0.717) is 19.8 Å². The number of β-amino-alcohol motifs (C(OH)–C–C–N with tert-alkyl or cyclic N) is 1. The number of pyridine rings is 1. The number of benzene rings is 1. The van der Waals surface area contributed by atoms with Gasteiger partial charge in [-0.05, 0) is 38.8 Å². The van der Waals surface area contributed by atoms with Gasteiger partial charge in [0.1, 0.15) is 0 Å². The van der Waals surface area contributed by atoms with Gasteiger partial charge in [-0.1, -0.05) is 0 Å². The van der Waals surface area contributed by atoms with Crippen LogP contribution in [0.25, 0.3) is 10.9 Å². The molecule has 1 aromatic carbocycles. The van der Waals surface area contributed by atoms with Gasteiger partial charge in [0.05, 0.1) is 24.8 Å². The first-order valence-corrected chi connectivity index (χ1v) is 8.34. The largest absolute Gasteiger partial charge is 0.490 e. The molecule has 0 spiro atoms. The zero-order valence-corrected chi connectivity index (χ0v) is 13.8. The lowest BCUT2D eigenvalue weighted by molar-refractivity contribution is 0.154. The molecule has 124 valence electrons. The van der Waals surface area contributed by atoms with Gasteiger partial charge >= 0.3 is 0 Å². The number of rotatable bonds is 5. The van der Waals surface area contributed by atoms with E-state index in [9.17, 15) is 5.11 Å². The highest BCUT2D eigenvalue weighted by molar-refractivity contribution is 5.94. The zero-order valence-electron chi connectivity index (χ0n) is 13.8. The minimum absolute atomic E-state index is 0.263. The Bertz CT molecular complexity index is 675. The van der Waals surface area contributed by atoms with E-state index in [1.54, 1.807) is 0 Å². The van der Waals surface area contributed by atoms with Crippen molar-refractivity contribution in [2.45, 2.75) is 32.8 Å². The van der Waals surface area contributed by atoms with E-state index in [-0.39, 0.29) is 6.10 Å². The molecule has 1 N–H and O–H groups in total. The van der Waals surface area contributed by atoms with Gasteiger partial charge in [-0.15, -0.1) is 0 Å². The summed E-state index contributed by atoms with van der Waals surface area (Å²) in [5.74, 6) is 1.47. The normalized spacial score (nSPS) is 18.2. The van der Waals surface area contributed by atoms with Crippen molar-refractivity contribution in [2.24, 2.45) is 0 Å². The van der Waals surface area contributed by atoms with E-state index in [1.165, 1.54) is 0 Å². The van der Waals surface area contributed by atoms with Gasteiger partial charge < -0.3 is 19.5 Å². The van der Waals surface area contributed by atoms with Gasteiger partial charge in [-0.3, -0.25) is 4.98 Å². The lowest BCUT2D eigenvalue weighted by atomic mass is 10.1. The number of aliphatic hydroxyl groups is 1. The fourth-order valence-electron chi connectivity index (χ4n) is 3.13. The number of aliphatic hydroxyl groups excluding tert-OH is 1. The number of aromatic nitrogens is 1. The van der Waals surface area contributed by atoms with Crippen LogP contribution in [0.1, 0.15) is 26.7 Å². The lowest BCUT2D eigenvalue weighted by Crippen LogP contribution is -2.38. The fourth-order valence-corrected chi connectivity index (χ4v) is 3.13. The smallest absolute Gasteiger partial charge is 0.163 e. The lowest BCUT2D eigenvalue weighted by Gasteiger charge is -2.32. The summed E-state index contributed by atoms with van der Waals surface area (Å²) in [4.78, 5) is 6.71. The van der Waals surface area contributed by atoms with Crippen LogP contribution < -0.4 is 14.4 Å². The van der Waals surface area contributed by atoms with Crippen LogP contribution >= 0.6 is 0 Å². The van der Waals surface area contributed by atoms with Gasteiger partial charge in [0.15, 0.2) is 11.5 Å². The Kier molecular flexibility index (Phi) is 4.86. The summed E-state index contributed by atoms with van der Waals surface area (Å²) in [5, 5.41) is 11.0. The summed E-state index contributed by atoms with van der Waals surface area (Å²) < 4.78 is 11.4. The molecule has 23 heavy (non-hydrogen) atoms. The molecule has 0 amide bonds. The molecule has 1 aromatic heterocycles. The van der Waals surface area contributed by atoms with Crippen molar-refractivity contribution < 1.29 is 14.6 Å². The van der Waals surface area contributed by atoms with Gasteiger partial charge in [-0.25, -0.2) is 0 Å². The van der Waals surface area contributed by atoms with Crippen LogP contribution in [0, 0.1) is 0 Å². The second-order valence-corrected chi connectivity index (χ2v) is 5.75. The first-order chi connectivity index (χ1) is 11.2. The SMILES string of the molecule is CCOc1cc2nccc(N3CCCC(O)C3)c2cc1OCC. The molecule has 2 aromatic rings. The summed E-state index contributed by atoms with van der Waals surface area (Å²) in [6, 6.07) is 5.96. The maximum atomic E-state index is 9.96. The maximum absolute atomic E-state index is 9.96. The van der Waals surface area contributed by atoms with Crippen molar-refractivity contribution >= 4 is 16.6 Å². The third-order valence-corrected chi connectivity index (χ3v) is 4.12. The number of hydrogen-bond donors (Lipinski definition) is 1. The van der Waals surface area contributed by atoms with Crippen molar-refractivity contribution in [3.05, 3.63) is 24.4 Å². The topological polar surface area (TPSA) is 54.8 Å². The van der Waals surface area contributed by atoms with Crippen LogP contribution in [0.2, 0.25) is 0 Å². The minimum Gasteiger partial charge on any atom is -0.490 e. The number of ether oxygens (including phenoxy) is 2. The van der Waals surface area contributed by atoms with E-state index in [4.69, 9.17) is 9.47 Å². The summed E-state index contributed by atoms with van der Waals surface area (Å²) >= 11 is 0. The van der Waals surface area contributed by atoms with E-state index < -0.39 is 0 Å². The quantitative estimate of drug-likeness (QED) is 0.919. The Morgan fingerprint density at radius 3 is 2.65 bits per heavy atom. The molecule has 0 radical (unpaired) electrons. The molecule has 1 unspecified atom stereocenters. The molecule has 1 saturated heterocycles. The highest BCUT2D eigenvalue weighted by atomic mass is 16.5. The van der Waals surface area contributed by atoms with Crippen molar-refractivity contribution in [2.75, 3.05) is 31.2 Å². The summed E-state index contributed by atoms with van der Waals surface area (Å²) in [5.41, 5.74) is 1.98. The van der Waals surface area contributed by atoms with Crippen LogP contribution in [-0.4, -0.2) is 42.5 Å². The third kappa shape index (κ3) is 3.34. The molecule has 1 aliphatic heterocycles. The van der Waals surface area contributed by atoms with E-state index in [1.807, 2.05) is 38.2 Å². The Morgan fingerprint density at radius 2 is 1.96 bits per heavy atom. The number of anilines is 1. The van der Waals surface area contributed by atoms with Crippen LogP contribution in [0.5, 0.6) is 11.5 Å². The molecule has 0 bridgehead atoms. The maximum Gasteiger partial charge on any atom is 0.163 e. The first kappa shape index (κ1) is 15.9. The van der Waals surface area contributed by atoms with Gasteiger partial charge in [-0.2, -0.15) is 0 Å². The van der Waals surface area contributed by atoms with Crippen molar-refractivity contribution in [1.29, 1.82) is 0 Å². The van der Waals surface area contributed by atoms with Gasteiger partial charge in [0.25, 0.3) is 0 Å². The predicted molar refractivity (Wildman–Crippen MR) is 91.5 cm³/mol.